The molecule has 0 aliphatic carbocycles. The number of hydrogen-bond donors (Lipinski definition) is 1. The SMILES string of the molecule is O=C(Nc1ccccc1C(F)(F)F)c1ccc(-c2ccccc2F)o1. The van der Waals surface area contributed by atoms with E-state index in [-0.39, 0.29) is 22.8 Å². The third-order valence-corrected chi connectivity index (χ3v) is 3.45. The number of carbonyl (C=O) groups is 1. The fraction of sp³-hybridized carbons (Fsp3) is 0.0556. The quantitative estimate of drug-likeness (QED) is 0.647. The van der Waals surface area contributed by atoms with Gasteiger partial charge in [0.15, 0.2) is 5.76 Å². The topological polar surface area (TPSA) is 42.2 Å². The van der Waals surface area contributed by atoms with Crippen molar-refractivity contribution in [1.29, 1.82) is 0 Å². The molecule has 2 aromatic carbocycles. The first-order valence-electron chi connectivity index (χ1n) is 7.18. The molecular formula is C18H11F4NO2. The van der Waals surface area contributed by atoms with Crippen LogP contribution in [0.5, 0.6) is 0 Å². The van der Waals surface area contributed by atoms with Gasteiger partial charge in [-0.2, -0.15) is 13.2 Å². The van der Waals surface area contributed by atoms with E-state index in [1.807, 2.05) is 0 Å². The lowest BCUT2D eigenvalue weighted by molar-refractivity contribution is -0.136. The van der Waals surface area contributed by atoms with Gasteiger partial charge in [-0.25, -0.2) is 4.39 Å². The molecule has 7 heteroatoms. The summed E-state index contributed by atoms with van der Waals surface area (Å²) in [6.07, 6.45) is -4.61. The number of halogens is 4. The van der Waals surface area contributed by atoms with Crippen LogP contribution in [-0.4, -0.2) is 5.91 Å². The Bertz CT molecular complexity index is 915. The van der Waals surface area contributed by atoms with E-state index >= 15 is 0 Å². The Hall–Kier alpha value is -3.09. The van der Waals surface area contributed by atoms with Gasteiger partial charge in [-0.1, -0.05) is 24.3 Å². The molecule has 1 N–H and O–H groups in total. The van der Waals surface area contributed by atoms with Crippen molar-refractivity contribution in [2.75, 3.05) is 5.32 Å². The smallest absolute Gasteiger partial charge is 0.418 e. The molecule has 0 saturated heterocycles. The average Bonchev–Trinajstić information content (AvgIpc) is 3.04. The fourth-order valence-corrected chi connectivity index (χ4v) is 2.29. The average molecular weight is 349 g/mol. The number of benzene rings is 2. The summed E-state index contributed by atoms with van der Waals surface area (Å²) in [5.74, 6) is -1.52. The van der Waals surface area contributed by atoms with Gasteiger partial charge in [0.25, 0.3) is 5.91 Å². The Balaban J connectivity index is 1.86. The molecule has 25 heavy (non-hydrogen) atoms. The Morgan fingerprint density at radius 2 is 1.60 bits per heavy atom. The van der Waals surface area contributed by atoms with Crippen LogP contribution >= 0.6 is 0 Å². The third kappa shape index (κ3) is 3.55. The lowest BCUT2D eigenvalue weighted by Crippen LogP contribution is -2.16. The van der Waals surface area contributed by atoms with Crippen LogP contribution in [0.4, 0.5) is 23.2 Å². The minimum absolute atomic E-state index is 0.104. The van der Waals surface area contributed by atoms with E-state index in [2.05, 4.69) is 5.32 Å². The molecule has 0 aliphatic rings. The molecule has 0 saturated carbocycles. The maximum Gasteiger partial charge on any atom is 0.418 e. The summed E-state index contributed by atoms with van der Waals surface area (Å²) in [5, 5.41) is 2.17. The second-order valence-corrected chi connectivity index (χ2v) is 5.14. The van der Waals surface area contributed by atoms with Gasteiger partial charge in [-0.05, 0) is 36.4 Å². The van der Waals surface area contributed by atoms with Crippen molar-refractivity contribution in [1.82, 2.24) is 0 Å². The summed E-state index contributed by atoms with van der Waals surface area (Å²) in [6.45, 7) is 0. The van der Waals surface area contributed by atoms with Crippen LogP contribution in [0, 0.1) is 5.82 Å². The Morgan fingerprint density at radius 1 is 0.920 bits per heavy atom. The molecule has 1 heterocycles. The zero-order chi connectivity index (χ0) is 18.0. The van der Waals surface area contributed by atoms with E-state index in [4.69, 9.17) is 4.42 Å². The van der Waals surface area contributed by atoms with Crippen molar-refractivity contribution in [2.24, 2.45) is 0 Å². The highest BCUT2D eigenvalue weighted by molar-refractivity contribution is 6.03. The lowest BCUT2D eigenvalue weighted by atomic mass is 10.1. The molecule has 3 rings (SSSR count). The van der Waals surface area contributed by atoms with Crippen molar-refractivity contribution in [3.05, 3.63) is 77.8 Å². The van der Waals surface area contributed by atoms with E-state index in [0.29, 0.717) is 0 Å². The molecule has 0 spiro atoms. The van der Waals surface area contributed by atoms with Crippen LogP contribution < -0.4 is 5.32 Å². The second kappa shape index (κ2) is 6.43. The standard InChI is InChI=1S/C18H11F4NO2/c19-13-7-3-1-5-11(13)15-9-10-16(25-15)17(24)23-14-8-4-2-6-12(14)18(20,21)22/h1-10H,(H,23,24). The van der Waals surface area contributed by atoms with E-state index in [9.17, 15) is 22.4 Å². The molecular weight excluding hydrogens is 338 g/mol. The minimum Gasteiger partial charge on any atom is -0.451 e. The zero-order valence-corrected chi connectivity index (χ0v) is 12.6. The Labute approximate surface area is 139 Å². The van der Waals surface area contributed by atoms with E-state index in [1.165, 1.54) is 42.5 Å². The van der Waals surface area contributed by atoms with Gasteiger partial charge in [0.1, 0.15) is 11.6 Å². The molecule has 1 aromatic heterocycles. The van der Waals surface area contributed by atoms with Crippen molar-refractivity contribution >= 4 is 11.6 Å². The van der Waals surface area contributed by atoms with E-state index in [0.717, 1.165) is 12.1 Å². The summed E-state index contributed by atoms with van der Waals surface area (Å²) in [5.41, 5.74) is -1.20. The number of carbonyl (C=O) groups excluding carboxylic acids is 1. The largest absolute Gasteiger partial charge is 0.451 e. The summed E-state index contributed by atoms with van der Waals surface area (Å²) < 4.78 is 57.9. The molecule has 0 atom stereocenters. The van der Waals surface area contributed by atoms with Crippen molar-refractivity contribution in [3.8, 4) is 11.3 Å². The minimum atomic E-state index is -4.61. The summed E-state index contributed by atoms with van der Waals surface area (Å²) in [7, 11) is 0. The van der Waals surface area contributed by atoms with Gasteiger partial charge in [0, 0.05) is 0 Å². The number of rotatable bonds is 3. The van der Waals surface area contributed by atoms with Gasteiger partial charge in [-0.3, -0.25) is 4.79 Å². The molecule has 3 nitrogen and oxygen atoms in total. The van der Waals surface area contributed by atoms with Crippen LogP contribution in [0.25, 0.3) is 11.3 Å². The maximum atomic E-state index is 13.7. The van der Waals surface area contributed by atoms with Gasteiger partial charge < -0.3 is 9.73 Å². The van der Waals surface area contributed by atoms with Crippen molar-refractivity contribution < 1.29 is 26.8 Å². The lowest BCUT2D eigenvalue weighted by Gasteiger charge is -2.12. The summed E-state index contributed by atoms with van der Waals surface area (Å²) in [4.78, 5) is 12.2. The van der Waals surface area contributed by atoms with Gasteiger partial charge in [-0.15, -0.1) is 0 Å². The third-order valence-electron chi connectivity index (χ3n) is 3.45. The Morgan fingerprint density at radius 3 is 2.32 bits per heavy atom. The predicted octanol–water partition coefficient (Wildman–Crippen LogP) is 5.36. The summed E-state index contributed by atoms with van der Waals surface area (Å²) in [6, 6.07) is 13.1. The molecule has 0 radical (unpaired) electrons. The summed E-state index contributed by atoms with van der Waals surface area (Å²) >= 11 is 0. The van der Waals surface area contributed by atoms with Crippen LogP contribution in [0.2, 0.25) is 0 Å². The molecule has 0 unspecified atom stereocenters. The number of anilines is 1. The highest BCUT2D eigenvalue weighted by atomic mass is 19.4. The molecule has 0 aliphatic heterocycles. The molecule has 0 fully saturated rings. The van der Waals surface area contributed by atoms with Gasteiger partial charge >= 0.3 is 6.18 Å². The number of amides is 1. The monoisotopic (exact) mass is 349 g/mol. The van der Waals surface area contributed by atoms with Crippen LogP contribution in [0.15, 0.2) is 65.1 Å². The highest BCUT2D eigenvalue weighted by Crippen LogP contribution is 2.35. The predicted molar refractivity (Wildman–Crippen MR) is 83.5 cm³/mol. The van der Waals surface area contributed by atoms with Gasteiger partial charge in [0.05, 0.1) is 16.8 Å². The fourth-order valence-electron chi connectivity index (χ4n) is 2.29. The van der Waals surface area contributed by atoms with Crippen molar-refractivity contribution in [3.63, 3.8) is 0 Å². The highest BCUT2D eigenvalue weighted by Gasteiger charge is 2.33. The molecule has 128 valence electrons. The van der Waals surface area contributed by atoms with Crippen LogP contribution in [0.3, 0.4) is 0 Å². The number of furan rings is 1. The Kier molecular flexibility index (Phi) is 4.31. The zero-order valence-electron chi connectivity index (χ0n) is 12.6. The molecule has 3 aromatic rings. The molecule has 1 amide bonds. The van der Waals surface area contributed by atoms with Crippen molar-refractivity contribution in [2.45, 2.75) is 6.18 Å². The van der Waals surface area contributed by atoms with Crippen LogP contribution in [0.1, 0.15) is 16.1 Å². The first-order valence-corrected chi connectivity index (χ1v) is 7.18. The molecule has 0 bridgehead atoms. The number of nitrogens with one attached hydrogen (secondary N) is 1. The number of para-hydroxylation sites is 1. The van der Waals surface area contributed by atoms with Gasteiger partial charge in [0.2, 0.25) is 0 Å². The second-order valence-electron chi connectivity index (χ2n) is 5.14. The number of hydrogen-bond acceptors (Lipinski definition) is 2. The first kappa shape index (κ1) is 16.8. The van der Waals surface area contributed by atoms with Crippen LogP contribution in [-0.2, 0) is 6.18 Å². The van der Waals surface area contributed by atoms with E-state index < -0.39 is 23.5 Å². The maximum absolute atomic E-state index is 13.7. The van der Waals surface area contributed by atoms with E-state index in [1.54, 1.807) is 6.07 Å². The first-order chi connectivity index (χ1) is 11.9. The number of alkyl halides is 3. The normalized spacial score (nSPS) is 11.4.